The lowest BCUT2D eigenvalue weighted by Crippen LogP contribution is -2.43. The maximum atomic E-state index is 11.7. The molecule has 0 saturated carbocycles. The zero-order valence-electron chi connectivity index (χ0n) is 12.2. The van der Waals surface area contributed by atoms with Gasteiger partial charge in [-0.05, 0) is 31.5 Å². The summed E-state index contributed by atoms with van der Waals surface area (Å²) >= 11 is 1.57. The largest absolute Gasteiger partial charge is 0.468 e. The van der Waals surface area contributed by atoms with Gasteiger partial charge in [0.05, 0.1) is 12.1 Å². The summed E-state index contributed by atoms with van der Waals surface area (Å²) in [5.41, 5.74) is 2.18. The molecule has 1 aromatic rings. The minimum Gasteiger partial charge on any atom is -0.468 e. The Morgan fingerprint density at radius 2 is 2.11 bits per heavy atom. The van der Waals surface area contributed by atoms with Crippen LogP contribution >= 0.6 is 11.8 Å². The highest BCUT2D eigenvalue weighted by Gasteiger charge is 2.20. The SMILES string of the molecule is COC(=O)C(CSc1cc(C)cc(C)n1)NC(C)C. The Hall–Kier alpha value is -1.07. The monoisotopic (exact) mass is 282 g/mol. The second kappa shape index (κ2) is 7.50. The van der Waals surface area contributed by atoms with Gasteiger partial charge in [-0.25, -0.2) is 4.98 Å². The van der Waals surface area contributed by atoms with Gasteiger partial charge < -0.3 is 10.1 Å². The van der Waals surface area contributed by atoms with E-state index in [4.69, 9.17) is 4.74 Å². The van der Waals surface area contributed by atoms with Crippen molar-refractivity contribution < 1.29 is 9.53 Å². The van der Waals surface area contributed by atoms with E-state index < -0.39 is 0 Å². The van der Waals surface area contributed by atoms with Crippen molar-refractivity contribution in [3.05, 3.63) is 23.4 Å². The van der Waals surface area contributed by atoms with Gasteiger partial charge in [0.2, 0.25) is 0 Å². The zero-order chi connectivity index (χ0) is 14.4. The van der Waals surface area contributed by atoms with Crippen LogP contribution in [0.3, 0.4) is 0 Å². The summed E-state index contributed by atoms with van der Waals surface area (Å²) in [6.45, 7) is 8.04. The number of aromatic nitrogens is 1. The molecule has 0 aliphatic carbocycles. The van der Waals surface area contributed by atoms with E-state index in [0.717, 1.165) is 10.7 Å². The third kappa shape index (κ3) is 5.61. The average molecular weight is 282 g/mol. The van der Waals surface area contributed by atoms with E-state index in [-0.39, 0.29) is 18.1 Å². The summed E-state index contributed by atoms with van der Waals surface area (Å²) in [6.07, 6.45) is 0. The van der Waals surface area contributed by atoms with E-state index in [2.05, 4.69) is 10.3 Å². The molecule has 1 atom stereocenters. The van der Waals surface area contributed by atoms with E-state index in [0.29, 0.717) is 5.75 Å². The number of rotatable bonds is 6. The molecule has 19 heavy (non-hydrogen) atoms. The van der Waals surface area contributed by atoms with Gasteiger partial charge in [-0.15, -0.1) is 11.8 Å². The fourth-order valence-corrected chi connectivity index (χ4v) is 2.82. The fraction of sp³-hybridized carbons (Fsp3) is 0.571. The van der Waals surface area contributed by atoms with Crippen molar-refractivity contribution in [3.63, 3.8) is 0 Å². The van der Waals surface area contributed by atoms with Gasteiger partial charge in [0.25, 0.3) is 0 Å². The minimum atomic E-state index is -0.308. The highest BCUT2D eigenvalue weighted by molar-refractivity contribution is 7.99. The molecule has 0 saturated heterocycles. The van der Waals surface area contributed by atoms with Crippen molar-refractivity contribution in [2.45, 2.75) is 44.8 Å². The molecular weight excluding hydrogens is 260 g/mol. The van der Waals surface area contributed by atoms with Crippen LogP contribution in [0.5, 0.6) is 0 Å². The molecule has 1 rings (SSSR count). The quantitative estimate of drug-likeness (QED) is 0.641. The fourth-order valence-electron chi connectivity index (χ4n) is 1.78. The molecule has 0 spiro atoms. The summed E-state index contributed by atoms with van der Waals surface area (Å²) in [4.78, 5) is 16.1. The van der Waals surface area contributed by atoms with Crippen LogP contribution < -0.4 is 5.32 Å². The molecule has 0 radical (unpaired) electrons. The Kier molecular flexibility index (Phi) is 6.31. The van der Waals surface area contributed by atoms with Gasteiger partial charge in [-0.2, -0.15) is 0 Å². The second-order valence-electron chi connectivity index (χ2n) is 4.83. The molecule has 1 unspecified atom stereocenters. The Labute approximate surface area is 119 Å². The number of pyridine rings is 1. The van der Waals surface area contributed by atoms with Gasteiger partial charge >= 0.3 is 5.97 Å². The van der Waals surface area contributed by atoms with Gasteiger partial charge in [-0.3, -0.25) is 4.79 Å². The first-order valence-electron chi connectivity index (χ1n) is 6.34. The number of aryl methyl sites for hydroxylation is 2. The van der Waals surface area contributed by atoms with Crippen LogP contribution in [0.1, 0.15) is 25.1 Å². The van der Waals surface area contributed by atoms with E-state index >= 15 is 0 Å². The van der Waals surface area contributed by atoms with Crippen molar-refractivity contribution in [2.24, 2.45) is 0 Å². The Morgan fingerprint density at radius 1 is 1.42 bits per heavy atom. The summed E-state index contributed by atoms with van der Waals surface area (Å²) in [5.74, 6) is 0.381. The molecule has 0 bridgehead atoms. The first-order valence-corrected chi connectivity index (χ1v) is 7.33. The molecule has 1 N–H and O–H groups in total. The summed E-state index contributed by atoms with van der Waals surface area (Å²) in [5, 5.41) is 4.15. The average Bonchev–Trinajstić information content (AvgIpc) is 2.31. The predicted octanol–water partition coefficient (Wildman–Crippen LogP) is 2.33. The molecule has 106 valence electrons. The van der Waals surface area contributed by atoms with Crippen LogP contribution in [-0.2, 0) is 9.53 Å². The first kappa shape index (κ1) is 16.0. The lowest BCUT2D eigenvalue weighted by molar-refractivity contribution is -0.142. The Bertz CT molecular complexity index is 415. The molecule has 1 aromatic heterocycles. The molecule has 0 aliphatic heterocycles. The van der Waals surface area contributed by atoms with Gasteiger partial charge in [-0.1, -0.05) is 13.8 Å². The third-order valence-corrected chi connectivity index (χ3v) is 3.50. The van der Waals surface area contributed by atoms with Crippen molar-refractivity contribution >= 4 is 17.7 Å². The van der Waals surface area contributed by atoms with E-state index in [1.165, 1.54) is 12.7 Å². The summed E-state index contributed by atoms with van der Waals surface area (Å²) < 4.78 is 4.81. The number of carbonyl (C=O) groups is 1. The highest BCUT2D eigenvalue weighted by atomic mass is 32.2. The van der Waals surface area contributed by atoms with Crippen molar-refractivity contribution in [3.8, 4) is 0 Å². The number of methoxy groups -OCH3 is 1. The van der Waals surface area contributed by atoms with Crippen molar-refractivity contribution in [1.29, 1.82) is 0 Å². The number of ether oxygens (including phenoxy) is 1. The molecule has 5 heteroatoms. The molecule has 0 amide bonds. The summed E-state index contributed by atoms with van der Waals surface area (Å²) in [6, 6.07) is 3.99. The minimum absolute atomic E-state index is 0.231. The molecule has 0 aromatic carbocycles. The first-order chi connectivity index (χ1) is 8.92. The van der Waals surface area contributed by atoms with E-state index in [1.807, 2.05) is 39.8 Å². The standard InChI is InChI=1S/C14H22N2O2S/c1-9(2)15-12(14(17)18-5)8-19-13-7-10(3)6-11(4)16-13/h6-7,9,12,15H,8H2,1-5H3. The van der Waals surface area contributed by atoms with Crippen LogP contribution in [0.4, 0.5) is 0 Å². The zero-order valence-corrected chi connectivity index (χ0v) is 13.0. The lowest BCUT2D eigenvalue weighted by atomic mass is 10.3. The van der Waals surface area contributed by atoms with Gasteiger partial charge in [0.15, 0.2) is 0 Å². The maximum absolute atomic E-state index is 11.7. The number of nitrogens with zero attached hydrogens (tertiary/aromatic N) is 1. The van der Waals surface area contributed by atoms with Crippen molar-refractivity contribution in [1.82, 2.24) is 10.3 Å². The normalized spacial score (nSPS) is 12.5. The number of thioether (sulfide) groups is 1. The lowest BCUT2D eigenvalue weighted by Gasteiger charge is -2.18. The predicted molar refractivity (Wildman–Crippen MR) is 78.5 cm³/mol. The summed E-state index contributed by atoms with van der Waals surface area (Å²) in [7, 11) is 1.41. The second-order valence-corrected chi connectivity index (χ2v) is 5.87. The van der Waals surface area contributed by atoms with Crippen LogP contribution in [0.2, 0.25) is 0 Å². The number of esters is 1. The third-order valence-electron chi connectivity index (χ3n) is 2.49. The number of nitrogens with one attached hydrogen (secondary N) is 1. The molecule has 0 fully saturated rings. The van der Waals surface area contributed by atoms with E-state index in [9.17, 15) is 4.79 Å². The van der Waals surface area contributed by atoms with Crippen LogP contribution in [0.15, 0.2) is 17.2 Å². The Morgan fingerprint density at radius 3 is 2.63 bits per heavy atom. The number of carbonyl (C=O) groups excluding carboxylic acids is 1. The Balaban J connectivity index is 2.67. The number of hydrogen-bond donors (Lipinski definition) is 1. The smallest absolute Gasteiger partial charge is 0.323 e. The highest BCUT2D eigenvalue weighted by Crippen LogP contribution is 2.19. The molecule has 4 nitrogen and oxygen atoms in total. The molecule has 0 aliphatic rings. The maximum Gasteiger partial charge on any atom is 0.323 e. The van der Waals surface area contributed by atoms with E-state index in [1.54, 1.807) is 11.8 Å². The molecule has 1 heterocycles. The number of hydrogen-bond acceptors (Lipinski definition) is 5. The van der Waals surface area contributed by atoms with Crippen LogP contribution in [-0.4, -0.2) is 35.9 Å². The molecular formula is C14H22N2O2S. The van der Waals surface area contributed by atoms with Gasteiger partial charge in [0, 0.05) is 17.5 Å². The topological polar surface area (TPSA) is 51.2 Å². The van der Waals surface area contributed by atoms with Crippen LogP contribution in [0, 0.1) is 13.8 Å². The van der Waals surface area contributed by atoms with Gasteiger partial charge in [0.1, 0.15) is 6.04 Å². The van der Waals surface area contributed by atoms with Crippen molar-refractivity contribution in [2.75, 3.05) is 12.9 Å². The van der Waals surface area contributed by atoms with Crippen LogP contribution in [0.25, 0.3) is 0 Å².